The molecular formula is C20H18BrNO2. The number of aromatic carboxylic acids is 1. The van der Waals surface area contributed by atoms with E-state index in [2.05, 4.69) is 57.7 Å². The Balaban J connectivity index is 1.83. The standard InChI is InChI=1S/C20H18BrNO2/c1-11-14(20(23)24)9-10-17-15-3-2-4-16(15)19(22-18(11)17)12-5-7-13(21)8-6-12/h2-3,5-10,15-16,19,22H,4H2,1H3,(H,23,24)/t15-,16+,19+/m1/s1. The number of hydrogen-bond acceptors (Lipinski definition) is 2. The molecule has 0 fully saturated rings. The number of carbonyl (C=O) groups is 1. The molecule has 0 radical (unpaired) electrons. The fraction of sp³-hybridized carbons (Fsp3) is 0.250. The molecular weight excluding hydrogens is 366 g/mol. The minimum Gasteiger partial charge on any atom is -0.478 e. The Morgan fingerprint density at radius 3 is 2.67 bits per heavy atom. The van der Waals surface area contributed by atoms with Gasteiger partial charge in [0, 0.05) is 16.1 Å². The summed E-state index contributed by atoms with van der Waals surface area (Å²) in [6.45, 7) is 1.90. The van der Waals surface area contributed by atoms with E-state index >= 15 is 0 Å². The van der Waals surface area contributed by atoms with Crippen molar-refractivity contribution in [2.45, 2.75) is 25.3 Å². The van der Waals surface area contributed by atoms with Crippen LogP contribution in [0.5, 0.6) is 0 Å². The van der Waals surface area contributed by atoms with Gasteiger partial charge in [-0.05, 0) is 54.2 Å². The van der Waals surface area contributed by atoms with Crippen LogP contribution in [0.15, 0.2) is 53.0 Å². The van der Waals surface area contributed by atoms with Crippen LogP contribution in [-0.4, -0.2) is 11.1 Å². The van der Waals surface area contributed by atoms with Gasteiger partial charge in [0.1, 0.15) is 0 Å². The van der Waals surface area contributed by atoms with E-state index in [0.717, 1.165) is 22.1 Å². The third kappa shape index (κ3) is 2.37. The molecule has 0 amide bonds. The normalized spacial score (nSPS) is 24.2. The van der Waals surface area contributed by atoms with Gasteiger partial charge in [-0.1, -0.05) is 46.3 Å². The Labute approximate surface area is 149 Å². The average molecular weight is 384 g/mol. The number of carboxylic acids is 1. The highest BCUT2D eigenvalue weighted by atomic mass is 79.9. The Hall–Kier alpha value is -2.07. The molecule has 4 rings (SSSR count). The summed E-state index contributed by atoms with van der Waals surface area (Å²) in [6.07, 6.45) is 5.56. The number of carboxylic acid groups (broad SMARTS) is 1. The fourth-order valence-corrected chi connectivity index (χ4v) is 4.31. The fourth-order valence-electron chi connectivity index (χ4n) is 4.05. The largest absolute Gasteiger partial charge is 0.478 e. The maximum absolute atomic E-state index is 11.5. The van der Waals surface area contributed by atoms with Crippen LogP contribution in [-0.2, 0) is 0 Å². The van der Waals surface area contributed by atoms with Crippen molar-refractivity contribution in [1.29, 1.82) is 0 Å². The lowest BCUT2D eigenvalue weighted by Crippen LogP contribution is -2.30. The highest BCUT2D eigenvalue weighted by Gasteiger charge is 2.38. The van der Waals surface area contributed by atoms with Crippen LogP contribution in [0.4, 0.5) is 5.69 Å². The van der Waals surface area contributed by atoms with Gasteiger partial charge in [-0.3, -0.25) is 0 Å². The van der Waals surface area contributed by atoms with E-state index in [4.69, 9.17) is 0 Å². The summed E-state index contributed by atoms with van der Waals surface area (Å²) in [5.74, 6) is -0.0634. The number of fused-ring (bicyclic) bond motifs is 3. The number of allylic oxidation sites excluding steroid dienone is 2. The van der Waals surface area contributed by atoms with Crippen LogP contribution in [0.25, 0.3) is 0 Å². The molecule has 2 aromatic rings. The van der Waals surface area contributed by atoms with Crippen molar-refractivity contribution in [2.24, 2.45) is 5.92 Å². The van der Waals surface area contributed by atoms with Crippen molar-refractivity contribution in [2.75, 3.05) is 5.32 Å². The van der Waals surface area contributed by atoms with Crippen molar-refractivity contribution in [1.82, 2.24) is 0 Å². The molecule has 3 nitrogen and oxygen atoms in total. The zero-order valence-electron chi connectivity index (χ0n) is 13.3. The van der Waals surface area contributed by atoms with E-state index in [0.29, 0.717) is 17.4 Å². The van der Waals surface area contributed by atoms with Crippen LogP contribution >= 0.6 is 15.9 Å². The van der Waals surface area contributed by atoms with E-state index in [1.165, 1.54) is 11.1 Å². The molecule has 0 unspecified atom stereocenters. The van der Waals surface area contributed by atoms with Gasteiger partial charge in [-0.2, -0.15) is 0 Å². The summed E-state index contributed by atoms with van der Waals surface area (Å²) in [7, 11) is 0. The van der Waals surface area contributed by atoms with Gasteiger partial charge in [0.2, 0.25) is 0 Å². The molecule has 2 N–H and O–H groups in total. The van der Waals surface area contributed by atoms with Crippen molar-refractivity contribution in [3.63, 3.8) is 0 Å². The first-order valence-corrected chi connectivity index (χ1v) is 8.91. The Morgan fingerprint density at radius 1 is 1.21 bits per heavy atom. The number of anilines is 1. The lowest BCUT2D eigenvalue weighted by molar-refractivity contribution is 0.0696. The van der Waals surface area contributed by atoms with Crippen LogP contribution in [0.3, 0.4) is 0 Å². The highest BCUT2D eigenvalue weighted by Crippen LogP contribution is 2.51. The van der Waals surface area contributed by atoms with Crippen LogP contribution in [0.2, 0.25) is 0 Å². The number of nitrogens with one attached hydrogen (secondary N) is 1. The quantitative estimate of drug-likeness (QED) is 0.693. The van der Waals surface area contributed by atoms with Gasteiger partial charge in [0.25, 0.3) is 0 Å². The predicted molar refractivity (Wildman–Crippen MR) is 98.6 cm³/mol. The topological polar surface area (TPSA) is 49.3 Å². The lowest BCUT2D eigenvalue weighted by Gasteiger charge is -2.38. The van der Waals surface area contributed by atoms with E-state index in [9.17, 15) is 9.90 Å². The first-order chi connectivity index (χ1) is 11.6. The molecule has 24 heavy (non-hydrogen) atoms. The molecule has 1 heterocycles. The summed E-state index contributed by atoms with van der Waals surface area (Å²) in [6, 6.07) is 12.3. The highest BCUT2D eigenvalue weighted by molar-refractivity contribution is 9.10. The number of hydrogen-bond donors (Lipinski definition) is 2. The first-order valence-electron chi connectivity index (χ1n) is 8.11. The summed E-state index contributed by atoms with van der Waals surface area (Å²) in [5.41, 5.74) is 4.63. The van der Waals surface area contributed by atoms with Crippen molar-refractivity contribution in [3.8, 4) is 0 Å². The SMILES string of the molecule is Cc1c(C(=O)O)ccc2c1N[C@@H](c1ccc(Br)cc1)[C@H]1CC=C[C@@H]21. The molecule has 122 valence electrons. The van der Waals surface area contributed by atoms with Gasteiger partial charge in [-0.15, -0.1) is 0 Å². The van der Waals surface area contributed by atoms with Crippen LogP contribution < -0.4 is 5.32 Å². The third-order valence-electron chi connectivity index (χ3n) is 5.26. The minimum absolute atomic E-state index is 0.188. The molecule has 3 atom stereocenters. The smallest absolute Gasteiger partial charge is 0.336 e. The number of benzene rings is 2. The summed E-state index contributed by atoms with van der Waals surface area (Å²) < 4.78 is 1.06. The van der Waals surface area contributed by atoms with Gasteiger partial charge in [0.05, 0.1) is 11.6 Å². The molecule has 1 aliphatic heterocycles. The molecule has 0 saturated heterocycles. The maximum atomic E-state index is 11.5. The zero-order valence-corrected chi connectivity index (χ0v) is 14.9. The van der Waals surface area contributed by atoms with Crippen LogP contribution in [0, 0.1) is 12.8 Å². The van der Waals surface area contributed by atoms with E-state index in [-0.39, 0.29) is 6.04 Å². The molecule has 0 spiro atoms. The Bertz CT molecular complexity index is 841. The van der Waals surface area contributed by atoms with Crippen molar-refractivity contribution < 1.29 is 9.90 Å². The second kappa shape index (κ2) is 5.78. The predicted octanol–water partition coefficient (Wildman–Crippen LogP) is 5.28. The minimum atomic E-state index is -0.874. The summed E-state index contributed by atoms with van der Waals surface area (Å²) in [5, 5.41) is 13.1. The lowest BCUT2D eigenvalue weighted by atomic mass is 9.76. The zero-order chi connectivity index (χ0) is 16.8. The van der Waals surface area contributed by atoms with Gasteiger partial charge in [0.15, 0.2) is 0 Å². The third-order valence-corrected chi connectivity index (χ3v) is 5.79. The molecule has 2 aromatic carbocycles. The van der Waals surface area contributed by atoms with Crippen molar-refractivity contribution in [3.05, 3.63) is 75.3 Å². The van der Waals surface area contributed by atoms with Gasteiger partial charge in [-0.25, -0.2) is 4.79 Å². The maximum Gasteiger partial charge on any atom is 0.336 e. The molecule has 2 aliphatic rings. The summed E-state index contributed by atoms with van der Waals surface area (Å²) >= 11 is 3.49. The molecule has 0 saturated carbocycles. The second-order valence-corrected chi connectivity index (χ2v) is 7.45. The van der Waals surface area contributed by atoms with E-state index in [1.54, 1.807) is 6.07 Å². The van der Waals surface area contributed by atoms with Crippen LogP contribution in [0.1, 0.15) is 45.4 Å². The average Bonchev–Trinajstić information content (AvgIpc) is 3.05. The molecule has 4 heteroatoms. The Kier molecular flexibility index (Phi) is 3.72. The Morgan fingerprint density at radius 2 is 1.96 bits per heavy atom. The first kappa shape index (κ1) is 15.5. The monoisotopic (exact) mass is 383 g/mol. The number of halogens is 1. The molecule has 0 aromatic heterocycles. The van der Waals surface area contributed by atoms with Crippen molar-refractivity contribution >= 4 is 27.6 Å². The van der Waals surface area contributed by atoms with Gasteiger partial charge < -0.3 is 10.4 Å². The van der Waals surface area contributed by atoms with E-state index < -0.39 is 5.97 Å². The summed E-state index contributed by atoms with van der Waals surface area (Å²) in [4.78, 5) is 11.5. The second-order valence-electron chi connectivity index (χ2n) is 6.53. The molecule has 0 bridgehead atoms. The van der Waals surface area contributed by atoms with E-state index in [1.807, 2.05) is 13.0 Å². The molecule has 1 aliphatic carbocycles. The van der Waals surface area contributed by atoms with Gasteiger partial charge >= 0.3 is 5.97 Å². The number of rotatable bonds is 2.